The highest BCUT2D eigenvalue weighted by molar-refractivity contribution is 5.81. The predicted octanol–water partition coefficient (Wildman–Crippen LogP) is 3.28. The van der Waals surface area contributed by atoms with Crippen molar-refractivity contribution in [1.29, 1.82) is 0 Å². The maximum atomic E-state index is 5.42. The van der Waals surface area contributed by atoms with Crippen LogP contribution in [0.1, 0.15) is 11.1 Å². The molecule has 1 aliphatic rings. The smallest absolute Gasteiger partial charge is 0.123 e. The third-order valence-corrected chi connectivity index (χ3v) is 3.35. The van der Waals surface area contributed by atoms with Crippen LogP contribution in [-0.2, 0) is 6.42 Å². The second-order valence-corrected chi connectivity index (χ2v) is 4.15. The van der Waals surface area contributed by atoms with Crippen LogP contribution in [0.4, 0.5) is 0 Å². The van der Waals surface area contributed by atoms with Gasteiger partial charge in [-0.15, -0.1) is 0 Å². The van der Waals surface area contributed by atoms with E-state index in [1.807, 2.05) is 24.3 Å². The van der Waals surface area contributed by atoms with Gasteiger partial charge in [-0.3, -0.25) is 0 Å². The van der Waals surface area contributed by atoms with Gasteiger partial charge in [0.1, 0.15) is 11.5 Å². The maximum absolute atomic E-state index is 5.42. The highest BCUT2D eigenvalue weighted by Gasteiger charge is 2.23. The van der Waals surface area contributed by atoms with Crippen LogP contribution in [0.15, 0.2) is 36.4 Å². The summed E-state index contributed by atoms with van der Waals surface area (Å²) in [4.78, 5) is 0. The molecule has 0 aliphatic heterocycles. The summed E-state index contributed by atoms with van der Waals surface area (Å²) in [6.45, 7) is 0. The Morgan fingerprint density at radius 3 is 1.65 bits per heavy atom. The highest BCUT2D eigenvalue weighted by atomic mass is 16.5. The number of hydrogen-bond acceptors (Lipinski definition) is 2. The molecule has 0 aromatic heterocycles. The molecule has 2 heteroatoms. The van der Waals surface area contributed by atoms with E-state index in [1.165, 1.54) is 22.3 Å². The molecular formula is C15H14O2. The summed E-state index contributed by atoms with van der Waals surface area (Å²) in [5.41, 5.74) is 5.04. The van der Waals surface area contributed by atoms with Gasteiger partial charge < -0.3 is 9.47 Å². The van der Waals surface area contributed by atoms with Crippen LogP contribution in [0.25, 0.3) is 11.1 Å². The first-order valence-corrected chi connectivity index (χ1v) is 5.67. The normalized spacial score (nSPS) is 11.9. The van der Waals surface area contributed by atoms with Crippen molar-refractivity contribution in [3.8, 4) is 22.6 Å². The molecule has 0 saturated carbocycles. The van der Waals surface area contributed by atoms with E-state index in [4.69, 9.17) is 9.47 Å². The van der Waals surface area contributed by atoms with Crippen molar-refractivity contribution in [2.75, 3.05) is 14.2 Å². The minimum Gasteiger partial charge on any atom is -0.496 e. The van der Waals surface area contributed by atoms with Gasteiger partial charge in [0.05, 0.1) is 14.2 Å². The number of ether oxygens (including phenoxy) is 2. The predicted molar refractivity (Wildman–Crippen MR) is 67.8 cm³/mol. The van der Waals surface area contributed by atoms with E-state index < -0.39 is 0 Å². The molecule has 0 amide bonds. The zero-order valence-corrected chi connectivity index (χ0v) is 9.99. The average Bonchev–Trinajstić information content (AvgIpc) is 2.77. The van der Waals surface area contributed by atoms with Crippen molar-refractivity contribution in [1.82, 2.24) is 0 Å². The highest BCUT2D eigenvalue weighted by Crippen LogP contribution is 2.44. The van der Waals surface area contributed by atoms with Gasteiger partial charge in [0.15, 0.2) is 0 Å². The Morgan fingerprint density at radius 1 is 0.765 bits per heavy atom. The Labute approximate surface area is 101 Å². The van der Waals surface area contributed by atoms with E-state index in [2.05, 4.69) is 12.1 Å². The van der Waals surface area contributed by atoms with Gasteiger partial charge >= 0.3 is 0 Å². The zero-order valence-electron chi connectivity index (χ0n) is 9.99. The van der Waals surface area contributed by atoms with E-state index in [-0.39, 0.29) is 0 Å². The standard InChI is InChI=1S/C15H14O2/c1-16-14-7-3-5-10-11-6-4-8-15(17-2)13(11)9-12(10)14/h3-8H,9H2,1-2H3. The van der Waals surface area contributed by atoms with E-state index in [9.17, 15) is 0 Å². The quantitative estimate of drug-likeness (QED) is 0.667. The molecule has 0 fully saturated rings. The second kappa shape index (κ2) is 3.81. The van der Waals surface area contributed by atoms with E-state index in [1.54, 1.807) is 14.2 Å². The Morgan fingerprint density at radius 2 is 1.24 bits per heavy atom. The van der Waals surface area contributed by atoms with Crippen LogP contribution in [0.5, 0.6) is 11.5 Å². The van der Waals surface area contributed by atoms with Crippen molar-refractivity contribution >= 4 is 0 Å². The summed E-state index contributed by atoms with van der Waals surface area (Å²) in [6.07, 6.45) is 0.888. The fourth-order valence-corrected chi connectivity index (χ4v) is 2.56. The number of fused-ring (bicyclic) bond motifs is 3. The number of rotatable bonds is 2. The molecular weight excluding hydrogens is 212 g/mol. The van der Waals surface area contributed by atoms with Crippen molar-refractivity contribution in [2.24, 2.45) is 0 Å². The second-order valence-electron chi connectivity index (χ2n) is 4.15. The van der Waals surface area contributed by atoms with Crippen molar-refractivity contribution in [2.45, 2.75) is 6.42 Å². The van der Waals surface area contributed by atoms with Crippen LogP contribution >= 0.6 is 0 Å². The number of benzene rings is 2. The molecule has 0 heterocycles. The lowest BCUT2D eigenvalue weighted by molar-refractivity contribution is 0.407. The fraction of sp³-hybridized carbons (Fsp3) is 0.200. The van der Waals surface area contributed by atoms with Crippen LogP contribution in [0.2, 0.25) is 0 Å². The van der Waals surface area contributed by atoms with Crippen LogP contribution in [-0.4, -0.2) is 14.2 Å². The van der Waals surface area contributed by atoms with Gasteiger partial charge in [0.25, 0.3) is 0 Å². The molecule has 3 rings (SSSR count). The SMILES string of the molecule is COc1cccc2c1Cc1c(OC)cccc1-2. The Bertz CT molecular complexity index is 522. The lowest BCUT2D eigenvalue weighted by Gasteiger charge is -2.06. The molecule has 2 aromatic rings. The molecule has 2 aromatic carbocycles. The minimum atomic E-state index is 0.888. The molecule has 86 valence electrons. The monoisotopic (exact) mass is 226 g/mol. The molecule has 0 atom stereocenters. The van der Waals surface area contributed by atoms with E-state index in [0.717, 1.165) is 17.9 Å². The molecule has 0 spiro atoms. The lowest BCUT2D eigenvalue weighted by Crippen LogP contribution is -1.91. The summed E-state index contributed by atoms with van der Waals surface area (Å²) in [5, 5.41) is 0. The first-order valence-electron chi connectivity index (χ1n) is 5.67. The largest absolute Gasteiger partial charge is 0.496 e. The van der Waals surface area contributed by atoms with Crippen molar-refractivity contribution in [3.05, 3.63) is 47.5 Å². The third kappa shape index (κ3) is 1.41. The number of methoxy groups -OCH3 is 2. The van der Waals surface area contributed by atoms with Crippen molar-refractivity contribution < 1.29 is 9.47 Å². The summed E-state index contributed by atoms with van der Waals surface area (Å²) < 4.78 is 10.8. The summed E-state index contributed by atoms with van der Waals surface area (Å²) in [5.74, 6) is 1.92. The van der Waals surface area contributed by atoms with Gasteiger partial charge in [0.2, 0.25) is 0 Å². The molecule has 0 N–H and O–H groups in total. The number of hydrogen-bond donors (Lipinski definition) is 0. The first-order chi connectivity index (χ1) is 8.35. The van der Waals surface area contributed by atoms with Gasteiger partial charge in [-0.2, -0.15) is 0 Å². The Balaban J connectivity index is 2.23. The summed E-state index contributed by atoms with van der Waals surface area (Å²) in [7, 11) is 3.44. The van der Waals surface area contributed by atoms with Crippen LogP contribution in [0.3, 0.4) is 0 Å². The molecule has 0 bridgehead atoms. The average molecular weight is 226 g/mol. The van der Waals surface area contributed by atoms with Gasteiger partial charge in [-0.05, 0) is 23.3 Å². The fourth-order valence-electron chi connectivity index (χ4n) is 2.56. The van der Waals surface area contributed by atoms with Gasteiger partial charge in [0, 0.05) is 17.5 Å². The first kappa shape index (κ1) is 10.2. The molecule has 0 unspecified atom stereocenters. The zero-order chi connectivity index (χ0) is 11.8. The summed E-state index contributed by atoms with van der Waals surface area (Å²) >= 11 is 0. The minimum absolute atomic E-state index is 0.888. The van der Waals surface area contributed by atoms with E-state index >= 15 is 0 Å². The van der Waals surface area contributed by atoms with Gasteiger partial charge in [-0.25, -0.2) is 0 Å². The third-order valence-electron chi connectivity index (χ3n) is 3.35. The van der Waals surface area contributed by atoms with E-state index in [0.29, 0.717) is 0 Å². The maximum Gasteiger partial charge on any atom is 0.123 e. The Kier molecular flexibility index (Phi) is 2.29. The molecule has 0 saturated heterocycles. The molecule has 1 aliphatic carbocycles. The van der Waals surface area contributed by atoms with Crippen LogP contribution < -0.4 is 9.47 Å². The molecule has 0 radical (unpaired) electrons. The van der Waals surface area contributed by atoms with Gasteiger partial charge in [-0.1, -0.05) is 24.3 Å². The lowest BCUT2D eigenvalue weighted by atomic mass is 10.1. The Hall–Kier alpha value is -1.96. The van der Waals surface area contributed by atoms with Crippen LogP contribution in [0, 0.1) is 0 Å². The molecule has 17 heavy (non-hydrogen) atoms. The molecule has 2 nitrogen and oxygen atoms in total. The van der Waals surface area contributed by atoms with Crippen molar-refractivity contribution in [3.63, 3.8) is 0 Å². The topological polar surface area (TPSA) is 18.5 Å². The summed E-state index contributed by atoms with van der Waals surface area (Å²) in [6, 6.07) is 12.4.